The van der Waals surface area contributed by atoms with Crippen LogP contribution in [0.3, 0.4) is 0 Å². The number of aliphatic carboxylic acids is 1. The van der Waals surface area contributed by atoms with Crippen LogP contribution in [0.15, 0.2) is 27.1 Å². The third kappa shape index (κ3) is 4.25. The molecule has 1 heterocycles. The van der Waals surface area contributed by atoms with Gasteiger partial charge < -0.3 is 14.8 Å². The van der Waals surface area contributed by atoms with E-state index in [1.54, 1.807) is 6.07 Å². The van der Waals surface area contributed by atoms with Crippen LogP contribution in [0.2, 0.25) is 0 Å². The zero-order chi connectivity index (χ0) is 15.4. The summed E-state index contributed by atoms with van der Waals surface area (Å²) in [5.41, 5.74) is 1.72. The maximum atomic E-state index is 12.0. The Morgan fingerprint density at radius 3 is 2.86 bits per heavy atom. The average molecular weight is 372 g/mol. The predicted octanol–water partition coefficient (Wildman–Crippen LogP) is 3.05. The first kappa shape index (κ1) is 15.9. The minimum absolute atomic E-state index is 0.0345. The SMILES string of the molecule is Cc1cc(Br)c2oc(C(=O)NCCSCC(=O)O)cc2c1. The number of hydrogen-bond donors (Lipinski definition) is 2. The van der Waals surface area contributed by atoms with Gasteiger partial charge in [0.15, 0.2) is 5.76 Å². The van der Waals surface area contributed by atoms with Crippen molar-refractivity contribution in [2.45, 2.75) is 6.92 Å². The number of carbonyl (C=O) groups excluding carboxylic acids is 1. The number of rotatable bonds is 6. The van der Waals surface area contributed by atoms with Gasteiger partial charge in [0.25, 0.3) is 5.91 Å². The topological polar surface area (TPSA) is 79.5 Å². The fourth-order valence-electron chi connectivity index (χ4n) is 1.85. The molecular weight excluding hydrogens is 358 g/mol. The van der Waals surface area contributed by atoms with Crippen molar-refractivity contribution in [2.24, 2.45) is 0 Å². The third-order valence-corrected chi connectivity index (χ3v) is 4.23. The van der Waals surface area contributed by atoms with Crippen LogP contribution in [-0.4, -0.2) is 35.0 Å². The summed E-state index contributed by atoms with van der Waals surface area (Å²) < 4.78 is 6.36. The van der Waals surface area contributed by atoms with Crippen molar-refractivity contribution in [3.8, 4) is 0 Å². The van der Waals surface area contributed by atoms with E-state index >= 15 is 0 Å². The molecule has 2 rings (SSSR count). The normalized spacial score (nSPS) is 10.8. The van der Waals surface area contributed by atoms with Crippen molar-refractivity contribution in [2.75, 3.05) is 18.1 Å². The van der Waals surface area contributed by atoms with E-state index in [0.717, 1.165) is 15.4 Å². The van der Waals surface area contributed by atoms with Gasteiger partial charge in [-0.15, -0.1) is 11.8 Å². The molecule has 0 aliphatic carbocycles. The number of benzene rings is 1. The first-order chi connectivity index (χ1) is 9.97. The molecule has 0 bridgehead atoms. The monoisotopic (exact) mass is 371 g/mol. The molecule has 0 saturated heterocycles. The van der Waals surface area contributed by atoms with E-state index < -0.39 is 5.97 Å². The molecule has 1 amide bonds. The van der Waals surface area contributed by atoms with Crippen LogP contribution in [0, 0.1) is 6.92 Å². The van der Waals surface area contributed by atoms with Crippen molar-refractivity contribution in [3.05, 3.63) is 34.0 Å². The zero-order valence-corrected chi connectivity index (χ0v) is 13.7. The second kappa shape index (κ2) is 7.00. The number of furan rings is 1. The molecule has 21 heavy (non-hydrogen) atoms. The first-order valence-electron chi connectivity index (χ1n) is 6.25. The Balaban J connectivity index is 1.97. The second-order valence-corrected chi connectivity index (χ2v) is 6.44. The highest BCUT2D eigenvalue weighted by Gasteiger charge is 2.13. The Hall–Kier alpha value is -1.47. The molecule has 7 heteroatoms. The molecule has 0 aliphatic heterocycles. The highest BCUT2D eigenvalue weighted by molar-refractivity contribution is 9.10. The number of carboxylic acids is 1. The summed E-state index contributed by atoms with van der Waals surface area (Å²) in [6.45, 7) is 2.37. The molecule has 0 unspecified atom stereocenters. The van der Waals surface area contributed by atoms with Gasteiger partial charge in [-0.05, 0) is 46.6 Å². The third-order valence-electron chi connectivity index (χ3n) is 2.70. The summed E-state index contributed by atoms with van der Waals surface area (Å²) in [6.07, 6.45) is 0. The van der Waals surface area contributed by atoms with Gasteiger partial charge in [-0.2, -0.15) is 0 Å². The van der Waals surface area contributed by atoms with Gasteiger partial charge in [0, 0.05) is 17.7 Å². The summed E-state index contributed by atoms with van der Waals surface area (Å²) in [6, 6.07) is 5.58. The number of amides is 1. The number of carbonyl (C=O) groups is 2. The number of nitrogens with one attached hydrogen (secondary N) is 1. The lowest BCUT2D eigenvalue weighted by atomic mass is 10.2. The van der Waals surface area contributed by atoms with Crippen LogP contribution in [-0.2, 0) is 4.79 Å². The lowest BCUT2D eigenvalue weighted by molar-refractivity contribution is -0.133. The van der Waals surface area contributed by atoms with Gasteiger partial charge >= 0.3 is 5.97 Å². The number of thioether (sulfide) groups is 1. The molecule has 1 aromatic carbocycles. The smallest absolute Gasteiger partial charge is 0.313 e. The molecule has 0 aliphatic rings. The van der Waals surface area contributed by atoms with Gasteiger partial charge in [-0.3, -0.25) is 9.59 Å². The molecule has 0 radical (unpaired) electrons. The zero-order valence-electron chi connectivity index (χ0n) is 11.3. The van der Waals surface area contributed by atoms with Crippen LogP contribution >= 0.6 is 27.7 Å². The Morgan fingerprint density at radius 1 is 1.38 bits per heavy atom. The molecule has 0 atom stereocenters. The molecule has 0 saturated carbocycles. The van der Waals surface area contributed by atoms with Gasteiger partial charge in [0.05, 0.1) is 10.2 Å². The van der Waals surface area contributed by atoms with E-state index in [0.29, 0.717) is 17.9 Å². The summed E-state index contributed by atoms with van der Waals surface area (Å²) in [7, 11) is 0. The van der Waals surface area contributed by atoms with Crippen molar-refractivity contribution < 1.29 is 19.1 Å². The number of halogens is 1. The predicted molar refractivity (Wildman–Crippen MR) is 85.9 cm³/mol. The summed E-state index contributed by atoms with van der Waals surface area (Å²) in [4.78, 5) is 22.3. The van der Waals surface area contributed by atoms with Gasteiger partial charge in [0.2, 0.25) is 0 Å². The summed E-state index contributed by atoms with van der Waals surface area (Å²) >= 11 is 4.67. The average Bonchev–Trinajstić information content (AvgIpc) is 2.82. The fraction of sp³-hybridized carbons (Fsp3) is 0.286. The molecule has 112 valence electrons. The Bertz CT molecular complexity index is 683. The fourth-order valence-corrected chi connectivity index (χ4v) is 3.08. The maximum absolute atomic E-state index is 12.0. The molecule has 0 spiro atoms. The Kier molecular flexibility index (Phi) is 5.30. The van der Waals surface area contributed by atoms with E-state index in [4.69, 9.17) is 9.52 Å². The van der Waals surface area contributed by atoms with E-state index in [9.17, 15) is 9.59 Å². The van der Waals surface area contributed by atoms with Crippen LogP contribution in [0.25, 0.3) is 11.0 Å². The Labute approximate surface area is 134 Å². The van der Waals surface area contributed by atoms with Crippen LogP contribution < -0.4 is 5.32 Å². The lowest BCUT2D eigenvalue weighted by Crippen LogP contribution is -2.25. The van der Waals surface area contributed by atoms with Gasteiger partial charge in [-0.25, -0.2) is 0 Å². The number of carboxylic acid groups (broad SMARTS) is 1. The molecule has 2 N–H and O–H groups in total. The number of aryl methyl sites for hydroxylation is 1. The molecule has 0 fully saturated rings. The second-order valence-electron chi connectivity index (χ2n) is 4.48. The van der Waals surface area contributed by atoms with E-state index in [1.807, 2.05) is 19.1 Å². The van der Waals surface area contributed by atoms with Gasteiger partial charge in [0.1, 0.15) is 5.58 Å². The van der Waals surface area contributed by atoms with E-state index in [2.05, 4.69) is 21.2 Å². The standard InChI is InChI=1S/C14H14BrNO4S/c1-8-4-9-6-11(20-13(9)10(15)5-8)14(19)16-2-3-21-7-12(17)18/h4-6H,2-3,7H2,1H3,(H,16,19)(H,17,18). The molecule has 5 nitrogen and oxygen atoms in total. The van der Waals surface area contributed by atoms with Crippen molar-refractivity contribution in [1.82, 2.24) is 5.32 Å². The lowest BCUT2D eigenvalue weighted by Gasteiger charge is -2.01. The quantitative estimate of drug-likeness (QED) is 0.762. The minimum Gasteiger partial charge on any atom is -0.481 e. The van der Waals surface area contributed by atoms with Crippen LogP contribution in [0.1, 0.15) is 16.1 Å². The highest BCUT2D eigenvalue weighted by Crippen LogP contribution is 2.28. The number of hydrogen-bond acceptors (Lipinski definition) is 4. The van der Waals surface area contributed by atoms with Crippen LogP contribution in [0.4, 0.5) is 0 Å². The molecule has 1 aromatic heterocycles. The van der Waals surface area contributed by atoms with Gasteiger partial charge in [-0.1, -0.05) is 0 Å². The summed E-state index contributed by atoms with van der Waals surface area (Å²) in [5, 5.41) is 12.1. The van der Waals surface area contributed by atoms with E-state index in [1.165, 1.54) is 11.8 Å². The van der Waals surface area contributed by atoms with Crippen LogP contribution in [0.5, 0.6) is 0 Å². The largest absolute Gasteiger partial charge is 0.481 e. The Morgan fingerprint density at radius 2 is 2.14 bits per heavy atom. The molecular formula is C14H14BrNO4S. The summed E-state index contributed by atoms with van der Waals surface area (Å²) in [5.74, 6) is -0.330. The van der Waals surface area contributed by atoms with E-state index in [-0.39, 0.29) is 17.4 Å². The van der Waals surface area contributed by atoms with Crippen molar-refractivity contribution in [1.29, 1.82) is 0 Å². The first-order valence-corrected chi connectivity index (χ1v) is 8.19. The molecule has 2 aromatic rings. The minimum atomic E-state index is -0.858. The van der Waals surface area contributed by atoms with Crippen molar-refractivity contribution >= 4 is 50.5 Å². The number of fused-ring (bicyclic) bond motifs is 1. The highest BCUT2D eigenvalue weighted by atomic mass is 79.9. The van der Waals surface area contributed by atoms with Crippen molar-refractivity contribution in [3.63, 3.8) is 0 Å². The maximum Gasteiger partial charge on any atom is 0.313 e.